The van der Waals surface area contributed by atoms with E-state index in [1.54, 1.807) is 0 Å². The summed E-state index contributed by atoms with van der Waals surface area (Å²) < 4.78 is 29.2. The maximum Gasteiger partial charge on any atom is 0.350 e. The van der Waals surface area contributed by atoms with Crippen LogP contribution in [-0.4, -0.2) is 31.8 Å². The summed E-state index contributed by atoms with van der Waals surface area (Å²) in [4.78, 5) is 38.3. The summed E-state index contributed by atoms with van der Waals surface area (Å²) in [6.07, 6.45) is 1.20. The van der Waals surface area contributed by atoms with Gasteiger partial charge in [0.2, 0.25) is 0 Å². The van der Waals surface area contributed by atoms with Crippen LogP contribution in [0.2, 0.25) is 0 Å². The van der Waals surface area contributed by atoms with Gasteiger partial charge in [-0.15, -0.1) is 12.4 Å². The number of carboxylic acids is 1. The molecule has 2 heterocycles. The molecule has 2 aromatic heterocycles. The van der Waals surface area contributed by atoms with E-state index >= 15 is 0 Å². The third-order valence-electron chi connectivity index (χ3n) is 3.19. The van der Waals surface area contributed by atoms with Gasteiger partial charge in [0, 0.05) is 18.0 Å². The molecule has 25 heavy (non-hydrogen) atoms. The first kappa shape index (κ1) is 20.3. The van der Waals surface area contributed by atoms with Crippen LogP contribution in [0.5, 0.6) is 0 Å². The number of halogens is 3. The standard InChI is InChI=1S/C14H14F2N4O4.ClH/c1-9-6-11(21)20(13(24)19(9)7-12(22)23)18-8-14(15,16)10-4-2-3-5-17-10;/h2-6,18H,7-8H2,1H3,(H,22,23);1H. The highest BCUT2D eigenvalue weighted by molar-refractivity contribution is 5.85. The predicted molar refractivity (Wildman–Crippen MR) is 86.9 cm³/mol. The number of carbonyl (C=O) groups is 1. The van der Waals surface area contributed by atoms with Crippen LogP contribution in [0.3, 0.4) is 0 Å². The van der Waals surface area contributed by atoms with Gasteiger partial charge < -0.3 is 10.5 Å². The summed E-state index contributed by atoms with van der Waals surface area (Å²) in [7, 11) is 0. The van der Waals surface area contributed by atoms with Crippen molar-refractivity contribution in [3.63, 3.8) is 0 Å². The van der Waals surface area contributed by atoms with E-state index in [2.05, 4.69) is 4.98 Å². The number of aryl methyl sites for hydroxylation is 1. The summed E-state index contributed by atoms with van der Waals surface area (Å²) in [6, 6.07) is 4.95. The molecular formula is C14H15ClF2N4O4. The van der Waals surface area contributed by atoms with E-state index in [0.29, 0.717) is 4.68 Å². The molecule has 0 atom stereocenters. The molecule has 2 rings (SSSR count). The molecule has 8 nitrogen and oxygen atoms in total. The Morgan fingerprint density at radius 3 is 2.60 bits per heavy atom. The first-order valence-corrected chi connectivity index (χ1v) is 6.81. The molecule has 0 aliphatic heterocycles. The maximum atomic E-state index is 14.1. The quantitative estimate of drug-likeness (QED) is 0.763. The third kappa shape index (κ3) is 4.63. The highest BCUT2D eigenvalue weighted by Crippen LogP contribution is 2.24. The lowest BCUT2D eigenvalue weighted by Gasteiger charge is -2.18. The summed E-state index contributed by atoms with van der Waals surface area (Å²) in [5.41, 5.74) is -0.270. The number of alkyl halides is 2. The lowest BCUT2D eigenvalue weighted by atomic mass is 10.2. The second-order valence-corrected chi connectivity index (χ2v) is 4.98. The fourth-order valence-corrected chi connectivity index (χ4v) is 2.01. The van der Waals surface area contributed by atoms with Gasteiger partial charge >= 0.3 is 17.6 Å². The van der Waals surface area contributed by atoms with Crippen molar-refractivity contribution in [2.24, 2.45) is 0 Å². The Labute approximate surface area is 146 Å². The lowest BCUT2D eigenvalue weighted by Crippen LogP contribution is -2.48. The van der Waals surface area contributed by atoms with E-state index < -0.39 is 41.9 Å². The Hall–Kier alpha value is -2.75. The van der Waals surface area contributed by atoms with Crippen LogP contribution in [0.15, 0.2) is 40.1 Å². The molecule has 0 aliphatic rings. The van der Waals surface area contributed by atoms with Crippen molar-refractivity contribution in [2.75, 3.05) is 12.0 Å². The molecule has 0 radical (unpaired) electrons. The number of nitrogens with zero attached hydrogens (tertiary/aromatic N) is 3. The highest BCUT2D eigenvalue weighted by atomic mass is 35.5. The molecule has 11 heteroatoms. The van der Waals surface area contributed by atoms with Crippen LogP contribution in [-0.2, 0) is 17.3 Å². The Kier molecular flexibility index (Phi) is 6.40. The van der Waals surface area contributed by atoms with Gasteiger partial charge in [-0.05, 0) is 19.1 Å². The molecule has 2 aromatic rings. The SMILES string of the molecule is Cc1cc(=O)n(NCC(F)(F)c2ccccn2)c(=O)n1CC(=O)O.Cl. The average molecular weight is 377 g/mol. The smallest absolute Gasteiger partial charge is 0.350 e. The number of hydrogen-bond acceptors (Lipinski definition) is 5. The maximum absolute atomic E-state index is 14.1. The zero-order chi connectivity index (χ0) is 17.9. The molecule has 0 amide bonds. The third-order valence-corrected chi connectivity index (χ3v) is 3.19. The van der Waals surface area contributed by atoms with Crippen LogP contribution < -0.4 is 16.7 Å². The molecule has 0 aromatic carbocycles. The topological polar surface area (TPSA) is 106 Å². The Balaban J connectivity index is 0.00000312. The molecule has 0 bridgehead atoms. The summed E-state index contributed by atoms with van der Waals surface area (Å²) in [5, 5.41) is 8.79. The summed E-state index contributed by atoms with van der Waals surface area (Å²) >= 11 is 0. The molecular weight excluding hydrogens is 362 g/mol. The van der Waals surface area contributed by atoms with Gasteiger partial charge in [0.25, 0.3) is 5.56 Å². The zero-order valence-electron chi connectivity index (χ0n) is 13.0. The summed E-state index contributed by atoms with van der Waals surface area (Å²) in [6.45, 7) is -0.378. The van der Waals surface area contributed by atoms with Gasteiger partial charge in [0.05, 0.1) is 0 Å². The van der Waals surface area contributed by atoms with E-state index in [0.717, 1.165) is 16.7 Å². The van der Waals surface area contributed by atoms with E-state index in [1.807, 2.05) is 5.43 Å². The first-order chi connectivity index (χ1) is 11.2. The molecule has 0 saturated heterocycles. The van der Waals surface area contributed by atoms with Crippen molar-refractivity contribution in [3.05, 3.63) is 62.7 Å². The van der Waals surface area contributed by atoms with Crippen LogP contribution in [0.1, 0.15) is 11.4 Å². The fraction of sp³-hybridized carbons (Fsp3) is 0.286. The number of pyridine rings is 1. The number of aliphatic carboxylic acids is 1. The molecule has 0 unspecified atom stereocenters. The molecule has 136 valence electrons. The first-order valence-electron chi connectivity index (χ1n) is 6.81. The molecule has 0 aliphatic carbocycles. The van der Waals surface area contributed by atoms with Gasteiger partial charge in [-0.2, -0.15) is 13.5 Å². The van der Waals surface area contributed by atoms with Gasteiger partial charge in [-0.25, -0.2) is 4.79 Å². The van der Waals surface area contributed by atoms with Crippen molar-refractivity contribution in [1.29, 1.82) is 0 Å². The van der Waals surface area contributed by atoms with Crippen LogP contribution >= 0.6 is 12.4 Å². The average Bonchev–Trinajstić information content (AvgIpc) is 2.51. The van der Waals surface area contributed by atoms with E-state index in [-0.39, 0.29) is 18.1 Å². The van der Waals surface area contributed by atoms with Crippen LogP contribution in [0.25, 0.3) is 0 Å². The molecule has 0 fully saturated rings. The largest absolute Gasteiger partial charge is 0.480 e. The Morgan fingerprint density at radius 1 is 1.36 bits per heavy atom. The molecule has 2 N–H and O–H groups in total. The lowest BCUT2D eigenvalue weighted by molar-refractivity contribution is -0.137. The van der Waals surface area contributed by atoms with Crippen LogP contribution in [0.4, 0.5) is 8.78 Å². The number of aromatic nitrogens is 3. The Bertz CT molecular complexity index is 867. The fourth-order valence-electron chi connectivity index (χ4n) is 2.01. The molecule has 0 saturated carbocycles. The van der Waals surface area contributed by atoms with E-state index in [1.165, 1.54) is 25.3 Å². The van der Waals surface area contributed by atoms with E-state index in [4.69, 9.17) is 5.11 Å². The second-order valence-electron chi connectivity index (χ2n) is 4.98. The van der Waals surface area contributed by atoms with Gasteiger partial charge in [0.1, 0.15) is 18.8 Å². The number of rotatable bonds is 6. The normalized spacial score (nSPS) is 10.8. The minimum Gasteiger partial charge on any atom is -0.480 e. The number of hydrogen-bond donors (Lipinski definition) is 2. The van der Waals surface area contributed by atoms with Crippen LogP contribution in [0, 0.1) is 6.92 Å². The Morgan fingerprint density at radius 2 is 2.04 bits per heavy atom. The minimum atomic E-state index is -3.43. The van der Waals surface area contributed by atoms with Gasteiger partial charge in [-0.1, -0.05) is 6.07 Å². The van der Waals surface area contributed by atoms with Crippen molar-refractivity contribution in [3.8, 4) is 0 Å². The molecule has 0 spiro atoms. The van der Waals surface area contributed by atoms with Gasteiger partial charge in [0.15, 0.2) is 0 Å². The van der Waals surface area contributed by atoms with Crippen molar-refractivity contribution in [2.45, 2.75) is 19.4 Å². The van der Waals surface area contributed by atoms with Gasteiger partial charge in [-0.3, -0.25) is 19.1 Å². The zero-order valence-corrected chi connectivity index (χ0v) is 13.8. The van der Waals surface area contributed by atoms with E-state index in [9.17, 15) is 23.2 Å². The second kappa shape index (κ2) is 7.88. The van der Waals surface area contributed by atoms with Crippen molar-refractivity contribution < 1.29 is 18.7 Å². The number of carboxylic acid groups (broad SMARTS) is 1. The monoisotopic (exact) mass is 376 g/mol. The predicted octanol–water partition coefficient (Wildman–Crippen LogP) is 0.555. The highest BCUT2D eigenvalue weighted by Gasteiger charge is 2.33. The summed E-state index contributed by atoms with van der Waals surface area (Å²) in [5.74, 6) is -4.74. The van der Waals surface area contributed by atoms with Crippen molar-refractivity contribution in [1.82, 2.24) is 14.2 Å². The van der Waals surface area contributed by atoms with Crippen molar-refractivity contribution >= 4 is 18.4 Å². The number of nitrogens with one attached hydrogen (secondary N) is 1. The minimum absolute atomic E-state index is 0.